The van der Waals surface area contributed by atoms with E-state index in [1.807, 2.05) is 44.6 Å². The minimum atomic E-state index is -0.0121. The number of amides is 1. The van der Waals surface area contributed by atoms with E-state index in [1.54, 1.807) is 21.7 Å². The highest BCUT2D eigenvalue weighted by Crippen LogP contribution is 2.31. The molecule has 0 spiro atoms. The van der Waals surface area contributed by atoms with Crippen LogP contribution in [0.1, 0.15) is 23.1 Å². The van der Waals surface area contributed by atoms with Crippen LogP contribution in [0.25, 0.3) is 11.1 Å². The van der Waals surface area contributed by atoms with Gasteiger partial charge in [0.1, 0.15) is 0 Å². The van der Waals surface area contributed by atoms with E-state index in [-0.39, 0.29) is 11.5 Å². The molecule has 3 heterocycles. The van der Waals surface area contributed by atoms with E-state index in [2.05, 4.69) is 17.1 Å². The summed E-state index contributed by atoms with van der Waals surface area (Å²) in [6, 6.07) is 11.8. The van der Waals surface area contributed by atoms with Crippen molar-refractivity contribution in [2.75, 3.05) is 11.9 Å². The second-order valence-corrected chi connectivity index (χ2v) is 7.05. The van der Waals surface area contributed by atoms with Crippen molar-refractivity contribution in [3.05, 3.63) is 82.0 Å². The SMILES string of the molecule is Cc1ccn(Cc2cncc(-c3ccc4c(c3)CCC(=O)N4C)c2)c(=O)c1. The normalized spacial score (nSPS) is 13.6. The summed E-state index contributed by atoms with van der Waals surface area (Å²) in [7, 11) is 1.82. The monoisotopic (exact) mass is 359 g/mol. The quantitative estimate of drug-likeness (QED) is 0.722. The predicted molar refractivity (Wildman–Crippen MR) is 106 cm³/mol. The van der Waals surface area contributed by atoms with Gasteiger partial charge in [-0.1, -0.05) is 6.07 Å². The molecule has 2 aromatic heterocycles. The number of fused-ring (bicyclic) bond motifs is 1. The lowest BCUT2D eigenvalue weighted by molar-refractivity contribution is -0.118. The Hall–Kier alpha value is -3.21. The van der Waals surface area contributed by atoms with E-state index in [1.165, 1.54) is 5.56 Å². The first-order valence-corrected chi connectivity index (χ1v) is 9.02. The van der Waals surface area contributed by atoms with Gasteiger partial charge in [-0.2, -0.15) is 0 Å². The summed E-state index contributed by atoms with van der Waals surface area (Å²) < 4.78 is 1.68. The van der Waals surface area contributed by atoms with Crippen LogP contribution in [0.3, 0.4) is 0 Å². The Bertz CT molecular complexity index is 1080. The third kappa shape index (κ3) is 3.40. The van der Waals surface area contributed by atoms with Crippen molar-refractivity contribution in [3.63, 3.8) is 0 Å². The lowest BCUT2D eigenvalue weighted by Gasteiger charge is -2.26. The van der Waals surface area contributed by atoms with Crippen LogP contribution in [0, 0.1) is 6.92 Å². The maximum absolute atomic E-state index is 12.1. The fourth-order valence-electron chi connectivity index (χ4n) is 3.50. The van der Waals surface area contributed by atoms with Gasteiger partial charge < -0.3 is 9.47 Å². The lowest BCUT2D eigenvalue weighted by Crippen LogP contribution is -2.30. The number of benzene rings is 1. The molecule has 0 radical (unpaired) electrons. The molecule has 1 aliphatic rings. The number of carbonyl (C=O) groups excluding carboxylic acids is 1. The zero-order valence-corrected chi connectivity index (χ0v) is 15.5. The van der Waals surface area contributed by atoms with Crippen molar-refractivity contribution in [1.29, 1.82) is 0 Å². The van der Waals surface area contributed by atoms with Crippen LogP contribution in [0.5, 0.6) is 0 Å². The van der Waals surface area contributed by atoms with E-state index in [9.17, 15) is 9.59 Å². The van der Waals surface area contributed by atoms with E-state index in [0.29, 0.717) is 13.0 Å². The number of hydrogen-bond donors (Lipinski definition) is 0. The Balaban J connectivity index is 1.65. The summed E-state index contributed by atoms with van der Waals surface area (Å²) in [5, 5.41) is 0. The molecule has 0 bridgehead atoms. The molecule has 0 unspecified atom stereocenters. The molecule has 5 nitrogen and oxygen atoms in total. The predicted octanol–water partition coefficient (Wildman–Crippen LogP) is 3.18. The molecule has 0 saturated heterocycles. The zero-order chi connectivity index (χ0) is 19.0. The van der Waals surface area contributed by atoms with Gasteiger partial charge in [0.2, 0.25) is 5.91 Å². The third-order valence-corrected chi connectivity index (χ3v) is 5.06. The standard InChI is InChI=1S/C22H21N3O2/c1-15-7-8-25(22(27)9-15)14-16-10-19(13-23-12-16)17-3-5-20-18(11-17)4-6-21(26)24(20)2/h3,5,7-13H,4,6,14H2,1-2H3. The maximum atomic E-state index is 12.1. The van der Waals surface area contributed by atoms with Crippen molar-refractivity contribution in [3.8, 4) is 11.1 Å². The van der Waals surface area contributed by atoms with E-state index in [0.717, 1.165) is 34.4 Å². The number of pyridine rings is 2. The summed E-state index contributed by atoms with van der Waals surface area (Å²) in [6.45, 7) is 2.40. The van der Waals surface area contributed by atoms with Gasteiger partial charge in [0.15, 0.2) is 0 Å². The van der Waals surface area contributed by atoms with Gasteiger partial charge in [0.05, 0.1) is 6.54 Å². The molecule has 0 N–H and O–H groups in total. The Labute approximate surface area is 157 Å². The van der Waals surface area contributed by atoms with Crippen LogP contribution >= 0.6 is 0 Å². The highest BCUT2D eigenvalue weighted by molar-refractivity contribution is 5.96. The Morgan fingerprint density at radius 3 is 2.67 bits per heavy atom. The summed E-state index contributed by atoms with van der Waals surface area (Å²) in [6.07, 6.45) is 6.75. The first-order valence-electron chi connectivity index (χ1n) is 9.02. The molecule has 0 aliphatic carbocycles. The molecular formula is C22H21N3O2. The largest absolute Gasteiger partial charge is 0.315 e. The number of carbonyl (C=O) groups is 1. The molecule has 1 amide bonds. The average molecular weight is 359 g/mol. The molecule has 0 fully saturated rings. The van der Waals surface area contributed by atoms with Gasteiger partial charge in [0.25, 0.3) is 5.56 Å². The summed E-state index contributed by atoms with van der Waals surface area (Å²) >= 11 is 0. The topological polar surface area (TPSA) is 55.2 Å². The van der Waals surface area contributed by atoms with Crippen molar-refractivity contribution < 1.29 is 4.79 Å². The second kappa shape index (κ2) is 6.83. The number of hydrogen-bond acceptors (Lipinski definition) is 3. The maximum Gasteiger partial charge on any atom is 0.251 e. The minimum Gasteiger partial charge on any atom is -0.315 e. The van der Waals surface area contributed by atoms with Gasteiger partial charge in [-0.15, -0.1) is 0 Å². The van der Waals surface area contributed by atoms with Gasteiger partial charge in [0, 0.05) is 49.4 Å². The number of nitrogens with zero attached hydrogens (tertiary/aromatic N) is 3. The van der Waals surface area contributed by atoms with Crippen molar-refractivity contribution in [2.24, 2.45) is 0 Å². The Kier molecular flexibility index (Phi) is 4.36. The number of rotatable bonds is 3. The third-order valence-electron chi connectivity index (χ3n) is 5.06. The molecule has 5 heteroatoms. The molecular weight excluding hydrogens is 338 g/mol. The summed E-state index contributed by atoms with van der Waals surface area (Å²) in [5.41, 5.74) is 6.16. The van der Waals surface area contributed by atoms with Crippen molar-refractivity contribution >= 4 is 11.6 Å². The van der Waals surface area contributed by atoms with Crippen LogP contribution in [-0.4, -0.2) is 22.5 Å². The average Bonchev–Trinajstić information content (AvgIpc) is 2.67. The zero-order valence-electron chi connectivity index (χ0n) is 15.5. The van der Waals surface area contributed by atoms with E-state index < -0.39 is 0 Å². The molecule has 4 rings (SSSR count). The highest BCUT2D eigenvalue weighted by Gasteiger charge is 2.21. The molecule has 3 aromatic rings. The van der Waals surface area contributed by atoms with Gasteiger partial charge in [-0.25, -0.2) is 0 Å². The van der Waals surface area contributed by atoms with Gasteiger partial charge in [-0.05, 0) is 59.9 Å². The lowest BCUT2D eigenvalue weighted by atomic mass is 9.96. The molecule has 1 aliphatic heterocycles. The fourth-order valence-corrected chi connectivity index (χ4v) is 3.50. The number of aromatic nitrogens is 2. The molecule has 1 aromatic carbocycles. The van der Waals surface area contributed by atoms with Gasteiger partial charge >= 0.3 is 0 Å². The fraction of sp³-hybridized carbons (Fsp3) is 0.227. The van der Waals surface area contributed by atoms with Crippen molar-refractivity contribution in [1.82, 2.24) is 9.55 Å². The molecule has 136 valence electrons. The molecule has 27 heavy (non-hydrogen) atoms. The molecule has 0 saturated carbocycles. The number of anilines is 1. The van der Waals surface area contributed by atoms with E-state index >= 15 is 0 Å². The first-order chi connectivity index (χ1) is 13.0. The van der Waals surface area contributed by atoms with Crippen LogP contribution in [0.2, 0.25) is 0 Å². The summed E-state index contributed by atoms with van der Waals surface area (Å²) in [4.78, 5) is 30.1. The van der Waals surface area contributed by atoms with Crippen LogP contribution < -0.4 is 10.5 Å². The first kappa shape index (κ1) is 17.2. The second-order valence-electron chi connectivity index (χ2n) is 7.05. The van der Waals surface area contributed by atoms with E-state index in [4.69, 9.17) is 0 Å². The number of aryl methyl sites for hydroxylation is 2. The van der Waals surface area contributed by atoms with Crippen LogP contribution in [0.15, 0.2) is 59.8 Å². The molecule has 0 atom stereocenters. The van der Waals surface area contributed by atoms with Crippen LogP contribution in [-0.2, 0) is 17.8 Å². The van der Waals surface area contributed by atoms with Crippen LogP contribution in [0.4, 0.5) is 5.69 Å². The Morgan fingerprint density at radius 1 is 1.00 bits per heavy atom. The van der Waals surface area contributed by atoms with Gasteiger partial charge in [-0.3, -0.25) is 14.6 Å². The minimum absolute atomic E-state index is 0.0121. The van der Waals surface area contributed by atoms with Crippen molar-refractivity contribution in [2.45, 2.75) is 26.3 Å². The Morgan fingerprint density at radius 2 is 1.85 bits per heavy atom. The highest BCUT2D eigenvalue weighted by atomic mass is 16.2. The smallest absolute Gasteiger partial charge is 0.251 e. The summed E-state index contributed by atoms with van der Waals surface area (Å²) in [5.74, 6) is 0.155.